The Labute approximate surface area is 99.0 Å². The highest BCUT2D eigenvalue weighted by molar-refractivity contribution is 5.90. The average Bonchev–Trinajstić information content (AvgIpc) is 2.23. The minimum absolute atomic E-state index is 0.0357. The van der Waals surface area contributed by atoms with Crippen molar-refractivity contribution in [3.63, 3.8) is 0 Å². The molecule has 0 saturated carbocycles. The van der Waals surface area contributed by atoms with Crippen LogP contribution in [0.25, 0.3) is 0 Å². The van der Waals surface area contributed by atoms with Crippen LogP contribution >= 0.6 is 0 Å². The van der Waals surface area contributed by atoms with Crippen molar-refractivity contribution in [2.45, 2.75) is 54.0 Å². The zero-order valence-electron chi connectivity index (χ0n) is 11.3. The predicted octanol–water partition coefficient (Wildman–Crippen LogP) is 2.40. The summed E-state index contributed by atoms with van der Waals surface area (Å²) in [5, 5.41) is 2.86. The molecule has 0 aromatic rings. The van der Waals surface area contributed by atoms with E-state index in [1.165, 1.54) is 0 Å². The number of rotatable bonds is 6. The quantitative estimate of drug-likeness (QED) is 0.711. The van der Waals surface area contributed by atoms with E-state index in [2.05, 4.69) is 5.32 Å². The third kappa shape index (κ3) is 4.33. The molecule has 3 nitrogen and oxygen atoms in total. The number of nitrogens with one attached hydrogen (secondary N) is 1. The van der Waals surface area contributed by atoms with Crippen molar-refractivity contribution >= 4 is 11.7 Å². The average molecular weight is 229 g/mol. The topological polar surface area (TPSA) is 46.2 Å². The number of hydrogen-bond acceptors (Lipinski definition) is 2. The number of ketones is 1. The largest absolute Gasteiger partial charge is 0.346 e. The molecular formula is C13H25NO2. The summed E-state index contributed by atoms with van der Waals surface area (Å²) in [5.74, 6) is 0.165. The third-order valence-corrected chi connectivity index (χ3v) is 2.91. The lowest BCUT2D eigenvalue weighted by molar-refractivity contribution is -0.132. The standard InChI is InChI=1S/C13H25NO2/c1-7-10(6)11(12(15)8(2)3)14-13(16)9(4)5/h8-11H,7H2,1-6H3,(H,14,16)/i16+2. The summed E-state index contributed by atoms with van der Waals surface area (Å²) in [6, 6.07) is -0.333. The SMILES string of the molecule is CCC(C)C(NC(=[18O])C(C)C)C(=O)C(C)C. The highest BCUT2D eigenvalue weighted by atomic mass is 18.1. The lowest BCUT2D eigenvalue weighted by Crippen LogP contribution is -2.48. The molecule has 1 N–H and O–H groups in total. The van der Waals surface area contributed by atoms with Crippen molar-refractivity contribution in [2.24, 2.45) is 17.8 Å². The molecule has 0 heterocycles. The van der Waals surface area contributed by atoms with Crippen LogP contribution in [0, 0.1) is 17.8 Å². The molecule has 0 saturated heterocycles. The summed E-state index contributed by atoms with van der Waals surface area (Å²) in [6.07, 6.45) is 0.890. The fraction of sp³-hybridized carbons (Fsp3) is 0.846. The van der Waals surface area contributed by atoms with Crippen LogP contribution in [0.3, 0.4) is 0 Å². The van der Waals surface area contributed by atoms with Gasteiger partial charge in [-0.2, -0.15) is 0 Å². The molecule has 3 heteroatoms. The van der Waals surface area contributed by atoms with Gasteiger partial charge >= 0.3 is 0 Å². The second-order valence-electron chi connectivity index (χ2n) is 5.08. The Kier molecular flexibility index (Phi) is 6.31. The van der Waals surface area contributed by atoms with Gasteiger partial charge in [-0.25, -0.2) is 0 Å². The van der Waals surface area contributed by atoms with Gasteiger partial charge in [-0.15, -0.1) is 0 Å². The minimum Gasteiger partial charge on any atom is -0.346 e. The van der Waals surface area contributed by atoms with Crippen LogP contribution in [0.4, 0.5) is 0 Å². The predicted molar refractivity (Wildman–Crippen MR) is 66.1 cm³/mol. The van der Waals surface area contributed by atoms with Crippen LogP contribution in [0.1, 0.15) is 48.0 Å². The van der Waals surface area contributed by atoms with Crippen molar-refractivity contribution in [3.05, 3.63) is 0 Å². The smallest absolute Gasteiger partial charge is 0.223 e. The second kappa shape index (κ2) is 6.66. The van der Waals surface area contributed by atoms with Gasteiger partial charge in [0, 0.05) is 11.8 Å². The van der Waals surface area contributed by atoms with Crippen LogP contribution in [0.15, 0.2) is 0 Å². The highest BCUT2D eigenvalue weighted by Crippen LogP contribution is 2.13. The molecule has 94 valence electrons. The van der Waals surface area contributed by atoms with E-state index < -0.39 is 0 Å². The summed E-state index contributed by atoms with van der Waals surface area (Å²) < 4.78 is 0. The van der Waals surface area contributed by atoms with Crippen molar-refractivity contribution < 1.29 is 9.59 Å². The first kappa shape index (κ1) is 15.1. The van der Waals surface area contributed by atoms with Gasteiger partial charge in [-0.05, 0) is 5.92 Å². The van der Waals surface area contributed by atoms with E-state index in [1.807, 2.05) is 41.5 Å². The van der Waals surface area contributed by atoms with Crippen molar-refractivity contribution in [2.75, 3.05) is 0 Å². The van der Waals surface area contributed by atoms with Crippen LogP contribution in [-0.4, -0.2) is 17.7 Å². The summed E-state index contributed by atoms with van der Waals surface area (Å²) in [7, 11) is 0. The molecule has 0 fully saturated rings. The third-order valence-electron chi connectivity index (χ3n) is 2.91. The first-order chi connectivity index (χ1) is 7.31. The molecule has 0 radical (unpaired) electrons. The second-order valence-corrected chi connectivity index (χ2v) is 5.08. The van der Waals surface area contributed by atoms with Crippen LogP contribution in [0.2, 0.25) is 0 Å². The summed E-state index contributed by atoms with van der Waals surface area (Å²) in [6.45, 7) is 11.5. The van der Waals surface area contributed by atoms with Gasteiger partial charge in [0.2, 0.25) is 5.91 Å². The van der Waals surface area contributed by atoms with Gasteiger partial charge in [0.1, 0.15) is 0 Å². The Morgan fingerprint density at radius 3 is 1.94 bits per heavy atom. The van der Waals surface area contributed by atoms with Gasteiger partial charge in [-0.3, -0.25) is 9.59 Å². The Bertz CT molecular complexity index is 246. The maximum atomic E-state index is 12.0. The Balaban J connectivity index is 4.69. The fourth-order valence-electron chi connectivity index (χ4n) is 1.41. The molecular weight excluding hydrogens is 204 g/mol. The summed E-state index contributed by atoms with van der Waals surface area (Å²) in [5.41, 5.74) is 0. The lowest BCUT2D eigenvalue weighted by atomic mass is 9.90. The molecule has 0 aromatic heterocycles. The molecule has 0 bridgehead atoms. The molecule has 0 spiro atoms. The number of Topliss-reactive ketones (excluding diaryl/α,β-unsaturated/α-hetero) is 1. The lowest BCUT2D eigenvalue weighted by Gasteiger charge is -2.25. The monoisotopic (exact) mass is 229 g/mol. The maximum Gasteiger partial charge on any atom is 0.223 e. The van der Waals surface area contributed by atoms with Gasteiger partial charge in [0.15, 0.2) is 5.78 Å². The number of amides is 1. The van der Waals surface area contributed by atoms with Crippen molar-refractivity contribution in [3.8, 4) is 0 Å². The van der Waals surface area contributed by atoms with E-state index in [4.69, 9.17) is 0 Å². The van der Waals surface area contributed by atoms with Gasteiger partial charge in [-0.1, -0.05) is 48.0 Å². The van der Waals surface area contributed by atoms with Gasteiger partial charge in [0.25, 0.3) is 0 Å². The zero-order valence-corrected chi connectivity index (χ0v) is 11.3. The van der Waals surface area contributed by atoms with E-state index in [-0.39, 0.29) is 35.5 Å². The van der Waals surface area contributed by atoms with Crippen LogP contribution < -0.4 is 5.32 Å². The highest BCUT2D eigenvalue weighted by Gasteiger charge is 2.27. The number of hydrogen-bond donors (Lipinski definition) is 1. The normalized spacial score (nSPS) is 15.0. The van der Waals surface area contributed by atoms with E-state index >= 15 is 0 Å². The number of carbonyl (C=O) groups is 2. The van der Waals surface area contributed by atoms with Gasteiger partial charge in [0.05, 0.1) is 6.04 Å². The molecule has 2 unspecified atom stereocenters. The van der Waals surface area contributed by atoms with Crippen LogP contribution in [-0.2, 0) is 9.59 Å². The Hall–Kier alpha value is -0.860. The molecule has 0 aliphatic heterocycles. The molecule has 0 rings (SSSR count). The van der Waals surface area contributed by atoms with Crippen LogP contribution in [0.5, 0.6) is 0 Å². The van der Waals surface area contributed by atoms with Crippen molar-refractivity contribution in [1.82, 2.24) is 5.32 Å². The molecule has 1 amide bonds. The van der Waals surface area contributed by atoms with Gasteiger partial charge < -0.3 is 5.32 Å². The maximum absolute atomic E-state index is 12.0. The van der Waals surface area contributed by atoms with E-state index in [9.17, 15) is 9.59 Å². The number of carbonyl (C=O) groups excluding carboxylic acids is 2. The fourth-order valence-corrected chi connectivity index (χ4v) is 1.41. The molecule has 2 atom stereocenters. The molecule has 0 aliphatic carbocycles. The summed E-state index contributed by atoms with van der Waals surface area (Å²) in [4.78, 5) is 23.6. The minimum atomic E-state index is -0.333. The Morgan fingerprint density at radius 1 is 1.12 bits per heavy atom. The summed E-state index contributed by atoms with van der Waals surface area (Å²) >= 11 is 0. The Morgan fingerprint density at radius 2 is 1.62 bits per heavy atom. The molecule has 0 aliphatic rings. The first-order valence-electron chi connectivity index (χ1n) is 6.15. The van der Waals surface area contributed by atoms with E-state index in [0.29, 0.717) is 0 Å². The van der Waals surface area contributed by atoms with E-state index in [0.717, 1.165) is 6.42 Å². The van der Waals surface area contributed by atoms with E-state index in [1.54, 1.807) is 0 Å². The first-order valence-corrected chi connectivity index (χ1v) is 6.15. The zero-order chi connectivity index (χ0) is 12.9. The van der Waals surface area contributed by atoms with Crippen molar-refractivity contribution in [1.29, 1.82) is 0 Å². The molecule has 0 aromatic carbocycles. The molecule has 16 heavy (non-hydrogen) atoms.